The van der Waals surface area contributed by atoms with Crippen LogP contribution >= 0.6 is 0 Å². The maximum Gasteiger partial charge on any atom is 0.251 e. The Morgan fingerprint density at radius 2 is 2.14 bits per heavy atom. The number of hydrogen-bond acceptors (Lipinski definition) is 5. The van der Waals surface area contributed by atoms with Gasteiger partial charge in [-0.2, -0.15) is 5.21 Å². The van der Waals surface area contributed by atoms with Gasteiger partial charge in [0.1, 0.15) is 0 Å². The van der Waals surface area contributed by atoms with Gasteiger partial charge in [-0.25, -0.2) is 0 Å². The molecule has 2 aromatic rings. The number of nitrogens with one attached hydrogen (secondary N) is 2. The zero-order valence-electron chi connectivity index (χ0n) is 12.1. The minimum absolute atomic E-state index is 0.0870. The van der Waals surface area contributed by atoms with E-state index in [2.05, 4.69) is 25.9 Å². The third kappa shape index (κ3) is 3.25. The van der Waals surface area contributed by atoms with E-state index >= 15 is 0 Å². The minimum atomic E-state index is -0.584. The molecule has 21 heavy (non-hydrogen) atoms. The molecule has 0 unspecified atom stereocenters. The summed E-state index contributed by atoms with van der Waals surface area (Å²) in [5, 5.41) is 26.1. The number of aliphatic hydroxyl groups is 1. The fourth-order valence-electron chi connectivity index (χ4n) is 2.09. The molecule has 0 aliphatic rings. The van der Waals surface area contributed by atoms with Gasteiger partial charge in [0.05, 0.1) is 12.1 Å². The number of benzene rings is 1. The molecule has 0 fully saturated rings. The van der Waals surface area contributed by atoms with E-state index < -0.39 is 5.54 Å². The predicted molar refractivity (Wildman–Crippen MR) is 77.5 cm³/mol. The lowest BCUT2D eigenvalue weighted by atomic mass is 9.93. The van der Waals surface area contributed by atoms with E-state index in [1.54, 1.807) is 24.3 Å². The molecule has 1 amide bonds. The summed E-state index contributed by atoms with van der Waals surface area (Å²) < 4.78 is 0. The molecule has 112 valence electrons. The smallest absolute Gasteiger partial charge is 0.251 e. The van der Waals surface area contributed by atoms with Crippen molar-refractivity contribution in [3.05, 3.63) is 29.8 Å². The van der Waals surface area contributed by atoms with Crippen molar-refractivity contribution in [3.8, 4) is 11.4 Å². The summed E-state index contributed by atoms with van der Waals surface area (Å²) >= 11 is 0. The Bertz CT molecular complexity index is 585. The van der Waals surface area contributed by atoms with Crippen LogP contribution in [0.2, 0.25) is 0 Å². The second kappa shape index (κ2) is 6.45. The van der Waals surface area contributed by atoms with Gasteiger partial charge in [0.25, 0.3) is 5.91 Å². The number of amides is 1. The number of aliphatic hydroxyl groups excluding tert-OH is 1. The lowest BCUT2D eigenvalue weighted by molar-refractivity contribution is 0.0818. The quantitative estimate of drug-likeness (QED) is 0.740. The van der Waals surface area contributed by atoms with Gasteiger partial charge in [-0.3, -0.25) is 4.79 Å². The van der Waals surface area contributed by atoms with Crippen LogP contribution in [-0.2, 0) is 0 Å². The number of carbonyl (C=O) groups is 1. The van der Waals surface area contributed by atoms with Crippen molar-refractivity contribution in [2.45, 2.75) is 32.2 Å². The zero-order valence-corrected chi connectivity index (χ0v) is 12.1. The van der Waals surface area contributed by atoms with Gasteiger partial charge < -0.3 is 10.4 Å². The summed E-state index contributed by atoms with van der Waals surface area (Å²) in [4.78, 5) is 12.4. The van der Waals surface area contributed by atoms with Crippen LogP contribution in [0.5, 0.6) is 0 Å². The van der Waals surface area contributed by atoms with Gasteiger partial charge >= 0.3 is 0 Å². The molecule has 0 aliphatic carbocycles. The molecule has 0 radical (unpaired) electrons. The Morgan fingerprint density at radius 1 is 1.38 bits per heavy atom. The summed E-state index contributed by atoms with van der Waals surface area (Å²) in [5.41, 5.74) is 0.621. The van der Waals surface area contributed by atoms with Gasteiger partial charge in [0.15, 0.2) is 0 Å². The molecule has 0 saturated carbocycles. The summed E-state index contributed by atoms with van der Waals surface area (Å²) in [6.45, 7) is 3.79. The number of aromatic nitrogens is 4. The molecule has 0 bridgehead atoms. The maximum absolute atomic E-state index is 12.4. The van der Waals surface area contributed by atoms with E-state index in [1.165, 1.54) is 0 Å². The number of aromatic amines is 1. The number of H-pyrrole nitrogens is 1. The van der Waals surface area contributed by atoms with Crippen molar-refractivity contribution in [2.24, 2.45) is 0 Å². The summed E-state index contributed by atoms with van der Waals surface area (Å²) in [6, 6.07) is 6.99. The minimum Gasteiger partial charge on any atom is -0.394 e. The highest BCUT2D eigenvalue weighted by atomic mass is 16.3. The Hall–Kier alpha value is -2.28. The summed E-state index contributed by atoms with van der Waals surface area (Å²) in [6.07, 6.45) is 1.33. The number of hydrogen-bond donors (Lipinski definition) is 3. The fraction of sp³-hybridized carbons (Fsp3) is 0.429. The Balaban J connectivity index is 2.22. The molecule has 0 atom stereocenters. The van der Waals surface area contributed by atoms with Crippen LogP contribution in [0, 0.1) is 0 Å². The van der Waals surface area contributed by atoms with Crippen LogP contribution in [0.1, 0.15) is 37.0 Å². The molecule has 1 aromatic carbocycles. The molecule has 0 saturated heterocycles. The number of carbonyl (C=O) groups excluding carboxylic acids is 1. The normalized spacial score (nSPS) is 11.4. The summed E-state index contributed by atoms with van der Waals surface area (Å²) in [5.74, 6) is 0.210. The van der Waals surface area contributed by atoms with Crippen LogP contribution in [0.4, 0.5) is 0 Å². The van der Waals surface area contributed by atoms with E-state index in [0.717, 1.165) is 0 Å². The lowest BCUT2D eigenvalue weighted by Gasteiger charge is -2.30. The maximum atomic E-state index is 12.4. The van der Waals surface area contributed by atoms with E-state index in [0.29, 0.717) is 29.8 Å². The van der Waals surface area contributed by atoms with Crippen LogP contribution in [-0.4, -0.2) is 43.8 Å². The van der Waals surface area contributed by atoms with Crippen LogP contribution in [0.15, 0.2) is 24.3 Å². The lowest BCUT2D eigenvalue weighted by Crippen LogP contribution is -2.50. The van der Waals surface area contributed by atoms with Crippen molar-refractivity contribution in [2.75, 3.05) is 6.61 Å². The zero-order chi connectivity index (χ0) is 15.3. The first-order valence-corrected chi connectivity index (χ1v) is 6.91. The van der Waals surface area contributed by atoms with Crippen LogP contribution in [0.3, 0.4) is 0 Å². The molecule has 1 aromatic heterocycles. The molecule has 7 heteroatoms. The van der Waals surface area contributed by atoms with Crippen molar-refractivity contribution in [3.63, 3.8) is 0 Å². The second-order valence-corrected chi connectivity index (χ2v) is 4.92. The monoisotopic (exact) mass is 289 g/mol. The first-order valence-electron chi connectivity index (χ1n) is 6.91. The average Bonchev–Trinajstić information content (AvgIpc) is 3.07. The van der Waals surface area contributed by atoms with Crippen molar-refractivity contribution in [1.29, 1.82) is 0 Å². The van der Waals surface area contributed by atoms with Crippen molar-refractivity contribution >= 4 is 5.91 Å². The van der Waals surface area contributed by atoms with Crippen LogP contribution in [0.25, 0.3) is 11.4 Å². The predicted octanol–water partition coefficient (Wildman–Crippen LogP) is 1.15. The van der Waals surface area contributed by atoms with Crippen molar-refractivity contribution in [1.82, 2.24) is 25.9 Å². The molecule has 2 rings (SSSR count). The largest absolute Gasteiger partial charge is 0.394 e. The van der Waals surface area contributed by atoms with Gasteiger partial charge in [0.2, 0.25) is 5.82 Å². The Kier molecular flexibility index (Phi) is 4.64. The Morgan fingerprint density at radius 3 is 2.71 bits per heavy atom. The molecule has 0 aliphatic heterocycles. The first-order chi connectivity index (χ1) is 10.1. The number of tetrazole rings is 1. The van der Waals surface area contributed by atoms with E-state index in [-0.39, 0.29) is 12.5 Å². The highest BCUT2D eigenvalue weighted by Gasteiger charge is 2.27. The third-order valence-electron chi connectivity index (χ3n) is 3.76. The second-order valence-electron chi connectivity index (χ2n) is 4.92. The van der Waals surface area contributed by atoms with E-state index in [9.17, 15) is 9.90 Å². The molecular weight excluding hydrogens is 270 g/mol. The van der Waals surface area contributed by atoms with E-state index in [1.807, 2.05) is 13.8 Å². The summed E-state index contributed by atoms with van der Waals surface area (Å²) in [7, 11) is 0. The van der Waals surface area contributed by atoms with Crippen LogP contribution < -0.4 is 5.32 Å². The average molecular weight is 289 g/mol. The SMILES string of the molecule is CCC(CC)(CO)NC(=O)c1cccc(-c2nn[nH]n2)c1. The highest BCUT2D eigenvalue weighted by molar-refractivity contribution is 5.95. The van der Waals surface area contributed by atoms with Crippen molar-refractivity contribution < 1.29 is 9.90 Å². The Labute approximate surface area is 122 Å². The molecule has 1 heterocycles. The number of nitrogens with zero attached hydrogens (tertiary/aromatic N) is 3. The molecule has 3 N–H and O–H groups in total. The van der Waals surface area contributed by atoms with E-state index in [4.69, 9.17) is 0 Å². The fourth-order valence-corrected chi connectivity index (χ4v) is 2.09. The van der Waals surface area contributed by atoms with Gasteiger partial charge in [-0.05, 0) is 30.2 Å². The molecule has 0 spiro atoms. The third-order valence-corrected chi connectivity index (χ3v) is 3.76. The number of rotatable bonds is 6. The molecular formula is C14H19N5O2. The standard InChI is InChI=1S/C14H19N5O2/c1-3-14(4-2,9-20)15-13(21)11-7-5-6-10(8-11)12-16-18-19-17-12/h5-8,20H,3-4,9H2,1-2H3,(H,15,21)(H,16,17,18,19). The molecule has 7 nitrogen and oxygen atoms in total. The highest BCUT2D eigenvalue weighted by Crippen LogP contribution is 2.18. The van der Waals surface area contributed by atoms with Gasteiger partial charge in [0, 0.05) is 11.1 Å². The topological polar surface area (TPSA) is 104 Å². The van der Waals surface area contributed by atoms with Gasteiger partial charge in [-0.15, -0.1) is 10.2 Å². The first kappa shape index (κ1) is 15.1. The van der Waals surface area contributed by atoms with Gasteiger partial charge in [-0.1, -0.05) is 26.0 Å².